The first kappa shape index (κ1) is 20.0. The predicted molar refractivity (Wildman–Crippen MR) is 106 cm³/mol. The van der Waals surface area contributed by atoms with Crippen LogP contribution in [0.25, 0.3) is 10.9 Å². The van der Waals surface area contributed by atoms with E-state index >= 15 is 0 Å². The second-order valence-corrected chi connectivity index (χ2v) is 6.32. The second kappa shape index (κ2) is 7.70. The summed E-state index contributed by atoms with van der Waals surface area (Å²) in [5, 5.41) is 7.00. The number of hydrogen-bond donors (Lipinski definition) is 4. The highest BCUT2D eigenvalue weighted by molar-refractivity contribution is 6.06. The lowest BCUT2D eigenvalue weighted by molar-refractivity contribution is -0.136. The molecule has 3 rings (SSSR count). The fraction of sp³-hybridized carbons (Fsp3) is 0.100. The van der Waals surface area contributed by atoms with E-state index in [2.05, 4.69) is 27.4 Å². The lowest BCUT2D eigenvalue weighted by atomic mass is 10.1. The number of hydrogen-bond acceptors (Lipinski definition) is 4. The van der Waals surface area contributed by atoms with Crippen LogP contribution in [-0.2, 0) is 6.18 Å². The molecule has 1 aromatic heterocycles. The maximum atomic E-state index is 13.1. The number of fused-ring (bicyclic) bond motifs is 1. The van der Waals surface area contributed by atoms with E-state index in [4.69, 9.17) is 5.73 Å². The Labute approximate surface area is 164 Å². The largest absolute Gasteiger partial charge is 0.418 e. The van der Waals surface area contributed by atoms with E-state index in [1.807, 2.05) is 0 Å². The SMILES string of the molecule is C=C(N)N/N=C(/C)c1ccc(NC(=O)c2cc3cccc(C(F)(F)F)c3[nH]2)cc1. The molecule has 0 aliphatic carbocycles. The number of para-hydroxylation sites is 1. The number of nitrogens with two attached hydrogens (primary N) is 1. The fourth-order valence-corrected chi connectivity index (χ4v) is 2.73. The van der Waals surface area contributed by atoms with Gasteiger partial charge in [-0.1, -0.05) is 30.8 Å². The number of nitrogens with one attached hydrogen (secondary N) is 3. The molecule has 3 aromatic rings. The standard InChI is InChI=1S/C20H18F3N5O/c1-11(27-28-12(2)24)13-6-8-15(9-7-13)25-19(29)17-10-14-4-3-5-16(18(14)26-17)20(21,22)23/h3-10,26,28H,2,24H2,1H3,(H,25,29)/b27-11-. The fourth-order valence-electron chi connectivity index (χ4n) is 2.73. The number of carbonyl (C=O) groups excluding carboxylic acids is 1. The Morgan fingerprint density at radius 2 is 1.86 bits per heavy atom. The van der Waals surface area contributed by atoms with Crippen LogP contribution in [0.3, 0.4) is 0 Å². The average Bonchev–Trinajstić information content (AvgIpc) is 3.10. The van der Waals surface area contributed by atoms with Gasteiger partial charge in [-0.3, -0.25) is 10.2 Å². The summed E-state index contributed by atoms with van der Waals surface area (Å²) < 4.78 is 39.4. The quantitative estimate of drug-likeness (QED) is 0.381. The number of alkyl halides is 3. The Morgan fingerprint density at radius 3 is 2.48 bits per heavy atom. The zero-order valence-electron chi connectivity index (χ0n) is 15.4. The molecule has 1 amide bonds. The molecule has 150 valence electrons. The molecule has 0 aliphatic rings. The Balaban J connectivity index is 1.78. The molecule has 0 saturated carbocycles. The van der Waals surface area contributed by atoms with Crippen LogP contribution in [0.1, 0.15) is 28.5 Å². The van der Waals surface area contributed by atoms with E-state index in [1.54, 1.807) is 31.2 Å². The topological polar surface area (TPSA) is 95.3 Å². The molecule has 5 N–H and O–H groups in total. The van der Waals surface area contributed by atoms with E-state index < -0.39 is 17.6 Å². The summed E-state index contributed by atoms with van der Waals surface area (Å²) in [6.45, 7) is 5.25. The van der Waals surface area contributed by atoms with Crippen molar-refractivity contribution in [3.05, 3.63) is 77.8 Å². The van der Waals surface area contributed by atoms with Crippen LogP contribution in [0, 0.1) is 0 Å². The summed E-state index contributed by atoms with van der Waals surface area (Å²) in [7, 11) is 0. The highest BCUT2D eigenvalue weighted by Gasteiger charge is 2.33. The first-order valence-corrected chi connectivity index (χ1v) is 8.50. The summed E-state index contributed by atoms with van der Waals surface area (Å²) in [5.74, 6) is -0.339. The average molecular weight is 401 g/mol. The van der Waals surface area contributed by atoms with Crippen molar-refractivity contribution in [1.29, 1.82) is 0 Å². The van der Waals surface area contributed by atoms with Crippen molar-refractivity contribution < 1.29 is 18.0 Å². The summed E-state index contributed by atoms with van der Waals surface area (Å²) >= 11 is 0. The van der Waals surface area contributed by atoms with Gasteiger partial charge < -0.3 is 16.0 Å². The minimum atomic E-state index is -4.52. The molecular weight excluding hydrogens is 383 g/mol. The molecule has 0 saturated heterocycles. The number of aromatic amines is 1. The molecule has 0 radical (unpaired) electrons. The number of amides is 1. The monoisotopic (exact) mass is 401 g/mol. The van der Waals surface area contributed by atoms with Crippen molar-refractivity contribution in [1.82, 2.24) is 10.4 Å². The van der Waals surface area contributed by atoms with Crippen LogP contribution >= 0.6 is 0 Å². The molecule has 29 heavy (non-hydrogen) atoms. The molecule has 1 heterocycles. The highest BCUT2D eigenvalue weighted by atomic mass is 19.4. The van der Waals surface area contributed by atoms with Crippen LogP contribution in [0.5, 0.6) is 0 Å². The number of benzene rings is 2. The van der Waals surface area contributed by atoms with Crippen LogP contribution in [0.2, 0.25) is 0 Å². The summed E-state index contributed by atoms with van der Waals surface area (Å²) in [4.78, 5) is 15.0. The van der Waals surface area contributed by atoms with Gasteiger partial charge in [0, 0.05) is 11.1 Å². The van der Waals surface area contributed by atoms with Gasteiger partial charge in [0.05, 0.1) is 16.8 Å². The molecule has 0 aliphatic heterocycles. The van der Waals surface area contributed by atoms with Crippen molar-refractivity contribution in [2.24, 2.45) is 10.8 Å². The minimum Gasteiger partial charge on any atom is -0.385 e. The Bertz CT molecular complexity index is 1100. The van der Waals surface area contributed by atoms with Crippen molar-refractivity contribution in [3.8, 4) is 0 Å². The highest BCUT2D eigenvalue weighted by Crippen LogP contribution is 2.34. The zero-order chi connectivity index (χ0) is 21.2. The van der Waals surface area contributed by atoms with E-state index in [9.17, 15) is 18.0 Å². The molecule has 0 unspecified atom stereocenters. The zero-order valence-corrected chi connectivity index (χ0v) is 15.4. The summed E-state index contributed by atoms with van der Waals surface area (Å²) in [5.41, 5.74) is 8.97. The van der Waals surface area contributed by atoms with Crippen LogP contribution in [0.15, 0.2) is 66.0 Å². The van der Waals surface area contributed by atoms with Gasteiger partial charge >= 0.3 is 6.18 Å². The maximum absolute atomic E-state index is 13.1. The van der Waals surface area contributed by atoms with Gasteiger partial charge in [-0.2, -0.15) is 18.3 Å². The summed E-state index contributed by atoms with van der Waals surface area (Å²) in [6.07, 6.45) is -4.52. The van der Waals surface area contributed by atoms with Crippen LogP contribution in [0.4, 0.5) is 18.9 Å². The Hall–Kier alpha value is -3.75. The van der Waals surface area contributed by atoms with Gasteiger partial charge in [0.15, 0.2) is 0 Å². The van der Waals surface area contributed by atoms with Crippen LogP contribution in [-0.4, -0.2) is 16.6 Å². The van der Waals surface area contributed by atoms with E-state index in [-0.39, 0.29) is 17.0 Å². The third kappa shape index (κ3) is 4.57. The van der Waals surface area contributed by atoms with Gasteiger partial charge in [-0.15, -0.1) is 0 Å². The van der Waals surface area contributed by atoms with E-state index in [1.165, 1.54) is 18.2 Å². The number of anilines is 1. The van der Waals surface area contributed by atoms with Gasteiger partial charge in [0.2, 0.25) is 0 Å². The normalized spacial score (nSPS) is 12.1. The number of aromatic nitrogens is 1. The van der Waals surface area contributed by atoms with Crippen molar-refractivity contribution >= 4 is 28.2 Å². The van der Waals surface area contributed by atoms with Crippen LogP contribution < -0.4 is 16.5 Å². The Morgan fingerprint density at radius 1 is 1.17 bits per heavy atom. The van der Waals surface area contributed by atoms with Crippen molar-refractivity contribution in [2.75, 3.05) is 5.32 Å². The molecule has 0 atom stereocenters. The minimum absolute atomic E-state index is 0.0316. The van der Waals surface area contributed by atoms with Gasteiger partial charge in [-0.25, -0.2) is 0 Å². The molecule has 0 spiro atoms. The van der Waals surface area contributed by atoms with E-state index in [0.29, 0.717) is 16.8 Å². The molecule has 2 aromatic carbocycles. The third-order valence-electron chi connectivity index (χ3n) is 4.13. The number of H-pyrrole nitrogens is 1. The molecule has 9 heteroatoms. The third-order valence-corrected chi connectivity index (χ3v) is 4.13. The van der Waals surface area contributed by atoms with Gasteiger partial charge in [0.1, 0.15) is 11.5 Å². The van der Waals surface area contributed by atoms with E-state index in [0.717, 1.165) is 11.6 Å². The lowest BCUT2D eigenvalue weighted by Gasteiger charge is -2.07. The molecule has 6 nitrogen and oxygen atoms in total. The molecule has 0 bridgehead atoms. The first-order valence-electron chi connectivity index (χ1n) is 8.50. The predicted octanol–water partition coefficient (Wildman–Crippen LogP) is 4.18. The van der Waals surface area contributed by atoms with Crippen molar-refractivity contribution in [3.63, 3.8) is 0 Å². The molecular formula is C20H18F3N5O. The molecule has 0 fully saturated rings. The number of carbonyl (C=O) groups is 1. The smallest absolute Gasteiger partial charge is 0.385 e. The Kier molecular flexibility index (Phi) is 5.31. The van der Waals surface area contributed by atoms with Crippen molar-refractivity contribution in [2.45, 2.75) is 13.1 Å². The van der Waals surface area contributed by atoms with Gasteiger partial charge in [-0.05, 0) is 36.8 Å². The number of rotatable bonds is 5. The summed E-state index contributed by atoms with van der Waals surface area (Å²) in [6, 6.07) is 12.0. The first-order chi connectivity index (χ1) is 13.6. The van der Waals surface area contributed by atoms with Gasteiger partial charge in [0.25, 0.3) is 5.91 Å². The second-order valence-electron chi connectivity index (χ2n) is 6.32. The number of hydrazone groups is 1. The lowest BCUT2D eigenvalue weighted by Crippen LogP contribution is -2.15. The number of nitrogens with zero attached hydrogens (tertiary/aromatic N) is 1. The maximum Gasteiger partial charge on any atom is 0.418 e. The number of halogens is 3.